The van der Waals surface area contributed by atoms with Gasteiger partial charge in [0.25, 0.3) is 0 Å². The number of nitrogens with one attached hydrogen (secondary N) is 1. The molecular formula is C11H9ClFN3O2. The van der Waals surface area contributed by atoms with Crippen molar-refractivity contribution in [3.8, 4) is 11.3 Å². The van der Waals surface area contributed by atoms with Gasteiger partial charge in [-0.25, -0.2) is 9.18 Å². The Morgan fingerprint density at radius 3 is 2.94 bits per heavy atom. The van der Waals surface area contributed by atoms with Gasteiger partial charge in [-0.2, -0.15) is 10.3 Å². The van der Waals surface area contributed by atoms with Gasteiger partial charge in [0.2, 0.25) is 0 Å². The number of rotatable bonds is 3. The molecule has 0 atom stereocenters. The average Bonchev–Trinajstić information content (AvgIpc) is 2.78. The molecule has 1 N–H and O–H groups in total. The third-order valence-electron chi connectivity index (χ3n) is 2.22. The zero-order valence-electron chi connectivity index (χ0n) is 9.41. The zero-order valence-corrected chi connectivity index (χ0v) is 10.2. The number of aromatic amines is 1. The first-order valence-corrected chi connectivity index (χ1v) is 5.55. The van der Waals surface area contributed by atoms with E-state index in [1.54, 1.807) is 6.92 Å². The molecule has 0 amide bonds. The van der Waals surface area contributed by atoms with Gasteiger partial charge in [0.05, 0.1) is 17.2 Å². The molecular weight excluding hydrogens is 261 g/mol. The molecule has 0 aliphatic heterocycles. The molecule has 0 spiro atoms. The normalized spacial score (nSPS) is 10.4. The van der Waals surface area contributed by atoms with E-state index < -0.39 is 11.8 Å². The molecule has 7 heteroatoms. The molecule has 2 rings (SSSR count). The summed E-state index contributed by atoms with van der Waals surface area (Å²) in [4.78, 5) is 11.6. The second-order valence-corrected chi connectivity index (χ2v) is 3.75. The Morgan fingerprint density at radius 2 is 2.28 bits per heavy atom. The summed E-state index contributed by atoms with van der Waals surface area (Å²) in [5.41, 5.74) is -0.0311. The van der Waals surface area contributed by atoms with E-state index >= 15 is 0 Å². The fraction of sp³-hybridized carbons (Fsp3) is 0.182. The van der Waals surface area contributed by atoms with Gasteiger partial charge in [-0.3, -0.25) is 0 Å². The average molecular weight is 270 g/mol. The van der Waals surface area contributed by atoms with Crippen molar-refractivity contribution in [2.45, 2.75) is 6.92 Å². The Hall–Kier alpha value is -1.95. The van der Waals surface area contributed by atoms with Crippen molar-refractivity contribution in [2.24, 2.45) is 0 Å². The number of benzene rings is 1. The number of H-pyrrole nitrogens is 1. The summed E-state index contributed by atoms with van der Waals surface area (Å²) in [7, 11) is 0. The molecule has 0 saturated carbocycles. The molecule has 0 aliphatic carbocycles. The number of esters is 1. The molecule has 5 nitrogen and oxygen atoms in total. The number of ether oxygens (including phenoxy) is 1. The van der Waals surface area contributed by atoms with Gasteiger partial charge in [0.15, 0.2) is 5.69 Å². The highest BCUT2D eigenvalue weighted by atomic mass is 35.5. The summed E-state index contributed by atoms with van der Waals surface area (Å²) < 4.78 is 18.5. The van der Waals surface area contributed by atoms with Crippen molar-refractivity contribution in [1.82, 2.24) is 15.4 Å². The van der Waals surface area contributed by atoms with Crippen LogP contribution in [0.3, 0.4) is 0 Å². The molecule has 0 fully saturated rings. The van der Waals surface area contributed by atoms with E-state index in [1.165, 1.54) is 18.2 Å². The van der Waals surface area contributed by atoms with Crippen LogP contribution in [0.5, 0.6) is 0 Å². The Kier molecular flexibility index (Phi) is 3.57. The lowest BCUT2D eigenvalue weighted by Crippen LogP contribution is -2.07. The maximum absolute atomic E-state index is 13.7. The number of halogens is 2. The van der Waals surface area contributed by atoms with Gasteiger partial charge in [-0.1, -0.05) is 17.7 Å². The van der Waals surface area contributed by atoms with E-state index in [0.717, 1.165) is 0 Å². The van der Waals surface area contributed by atoms with Crippen LogP contribution in [0.25, 0.3) is 11.3 Å². The third kappa shape index (κ3) is 2.19. The number of hydrogen-bond acceptors (Lipinski definition) is 4. The van der Waals surface area contributed by atoms with E-state index in [4.69, 9.17) is 16.3 Å². The lowest BCUT2D eigenvalue weighted by Gasteiger charge is -2.04. The number of carbonyl (C=O) groups excluding carboxylic acids is 1. The van der Waals surface area contributed by atoms with E-state index in [1.807, 2.05) is 0 Å². The maximum Gasteiger partial charge on any atom is 0.361 e. The van der Waals surface area contributed by atoms with Crippen molar-refractivity contribution >= 4 is 17.6 Å². The van der Waals surface area contributed by atoms with E-state index in [2.05, 4.69) is 15.4 Å². The van der Waals surface area contributed by atoms with Crippen molar-refractivity contribution < 1.29 is 13.9 Å². The fourth-order valence-corrected chi connectivity index (χ4v) is 1.72. The second kappa shape index (κ2) is 5.14. The predicted molar refractivity (Wildman–Crippen MR) is 62.7 cm³/mol. The Balaban J connectivity index is 2.52. The molecule has 0 unspecified atom stereocenters. The van der Waals surface area contributed by atoms with E-state index in [9.17, 15) is 9.18 Å². The van der Waals surface area contributed by atoms with Crippen LogP contribution in [-0.2, 0) is 4.74 Å². The molecule has 0 radical (unpaired) electrons. The summed E-state index contributed by atoms with van der Waals surface area (Å²) in [5.74, 6) is -1.26. The first-order chi connectivity index (χ1) is 8.65. The fourth-order valence-electron chi connectivity index (χ4n) is 1.47. The van der Waals surface area contributed by atoms with Gasteiger partial charge < -0.3 is 4.74 Å². The van der Waals surface area contributed by atoms with Crippen LogP contribution >= 0.6 is 11.6 Å². The lowest BCUT2D eigenvalue weighted by molar-refractivity contribution is 0.0520. The van der Waals surface area contributed by atoms with Crippen molar-refractivity contribution in [1.29, 1.82) is 0 Å². The monoisotopic (exact) mass is 269 g/mol. The van der Waals surface area contributed by atoms with Gasteiger partial charge in [0.1, 0.15) is 11.5 Å². The zero-order chi connectivity index (χ0) is 13.1. The molecule has 1 heterocycles. The predicted octanol–water partition coefficient (Wildman–Crippen LogP) is 2.44. The minimum atomic E-state index is -0.680. The Morgan fingerprint density at radius 1 is 1.50 bits per heavy atom. The van der Waals surface area contributed by atoms with Crippen LogP contribution in [0, 0.1) is 5.82 Å². The van der Waals surface area contributed by atoms with Gasteiger partial charge in [-0.05, 0) is 19.1 Å². The second-order valence-electron chi connectivity index (χ2n) is 3.34. The lowest BCUT2D eigenvalue weighted by atomic mass is 10.1. The highest BCUT2D eigenvalue weighted by molar-refractivity contribution is 6.33. The standard InChI is InChI=1S/C11H9ClFN3O2/c1-2-18-11(17)10-9(14-16-15-10)8-6(12)4-3-5-7(8)13/h3-5H,2H2,1H3,(H,14,15,16). The number of hydrogen-bond donors (Lipinski definition) is 1. The first kappa shape index (κ1) is 12.5. The van der Waals surface area contributed by atoms with Gasteiger partial charge in [-0.15, -0.1) is 5.10 Å². The summed E-state index contributed by atoms with van der Waals surface area (Å²) in [6.45, 7) is 1.85. The van der Waals surface area contributed by atoms with Gasteiger partial charge in [0, 0.05) is 0 Å². The van der Waals surface area contributed by atoms with Crippen molar-refractivity contribution in [3.63, 3.8) is 0 Å². The highest BCUT2D eigenvalue weighted by Gasteiger charge is 2.23. The minimum Gasteiger partial charge on any atom is -0.461 e. The third-order valence-corrected chi connectivity index (χ3v) is 2.53. The van der Waals surface area contributed by atoms with E-state index in [-0.39, 0.29) is 28.6 Å². The molecule has 0 saturated heterocycles. The molecule has 94 valence electrons. The quantitative estimate of drug-likeness (QED) is 0.869. The van der Waals surface area contributed by atoms with Crippen molar-refractivity contribution in [3.05, 3.63) is 34.7 Å². The van der Waals surface area contributed by atoms with Crippen LogP contribution in [-0.4, -0.2) is 28.0 Å². The van der Waals surface area contributed by atoms with Crippen LogP contribution in [0.2, 0.25) is 5.02 Å². The highest BCUT2D eigenvalue weighted by Crippen LogP contribution is 2.30. The van der Waals surface area contributed by atoms with Crippen LogP contribution in [0.4, 0.5) is 4.39 Å². The molecule has 0 bridgehead atoms. The van der Waals surface area contributed by atoms with Crippen LogP contribution < -0.4 is 0 Å². The van der Waals surface area contributed by atoms with Crippen molar-refractivity contribution in [2.75, 3.05) is 6.61 Å². The van der Waals surface area contributed by atoms with Crippen LogP contribution in [0.15, 0.2) is 18.2 Å². The largest absolute Gasteiger partial charge is 0.461 e. The molecule has 1 aromatic carbocycles. The van der Waals surface area contributed by atoms with E-state index in [0.29, 0.717) is 0 Å². The summed E-state index contributed by atoms with van der Waals surface area (Å²) in [5, 5.41) is 9.82. The number of aromatic nitrogens is 3. The Labute approximate surface area is 107 Å². The first-order valence-electron chi connectivity index (χ1n) is 5.17. The summed E-state index contributed by atoms with van der Waals surface area (Å²) in [6, 6.07) is 4.19. The molecule has 18 heavy (non-hydrogen) atoms. The van der Waals surface area contributed by atoms with Crippen LogP contribution in [0.1, 0.15) is 17.4 Å². The van der Waals surface area contributed by atoms with Gasteiger partial charge >= 0.3 is 5.97 Å². The summed E-state index contributed by atoms with van der Waals surface area (Å²) >= 11 is 5.90. The molecule has 2 aromatic rings. The molecule has 1 aromatic heterocycles. The number of carbonyl (C=O) groups is 1. The molecule has 0 aliphatic rings. The minimum absolute atomic E-state index is 0.0240. The summed E-state index contributed by atoms with van der Waals surface area (Å²) in [6.07, 6.45) is 0. The smallest absolute Gasteiger partial charge is 0.361 e. The number of nitrogens with zero attached hydrogens (tertiary/aromatic N) is 2. The topological polar surface area (TPSA) is 67.9 Å². The SMILES string of the molecule is CCOC(=O)c1n[nH]nc1-c1c(F)cccc1Cl. The Bertz CT molecular complexity index is 565. The maximum atomic E-state index is 13.7.